The smallest absolute Gasteiger partial charge is 0.264 e. The Morgan fingerprint density at radius 1 is 1.22 bits per heavy atom. The third-order valence-corrected chi connectivity index (χ3v) is 6.47. The molecule has 1 aliphatic carbocycles. The third-order valence-electron chi connectivity index (χ3n) is 5.25. The summed E-state index contributed by atoms with van der Waals surface area (Å²) in [5.41, 5.74) is 3.13. The van der Waals surface area contributed by atoms with Gasteiger partial charge in [-0.25, -0.2) is 0 Å². The zero-order valence-corrected chi connectivity index (χ0v) is 16.3. The zero-order valence-electron chi connectivity index (χ0n) is 15.5. The fourth-order valence-electron chi connectivity index (χ4n) is 3.74. The predicted octanol–water partition coefficient (Wildman–Crippen LogP) is 3.27. The number of amides is 2. The van der Waals surface area contributed by atoms with E-state index in [2.05, 4.69) is 5.32 Å². The van der Waals surface area contributed by atoms with Gasteiger partial charge < -0.3 is 15.0 Å². The van der Waals surface area contributed by atoms with Gasteiger partial charge in [0.2, 0.25) is 5.91 Å². The van der Waals surface area contributed by atoms with Crippen molar-refractivity contribution in [3.8, 4) is 0 Å². The molecule has 4 rings (SSSR count). The van der Waals surface area contributed by atoms with Crippen LogP contribution in [-0.4, -0.2) is 43.0 Å². The van der Waals surface area contributed by atoms with Gasteiger partial charge in [0.15, 0.2) is 0 Å². The van der Waals surface area contributed by atoms with Crippen LogP contribution in [0.1, 0.15) is 32.1 Å². The van der Waals surface area contributed by atoms with E-state index in [1.807, 2.05) is 42.2 Å². The van der Waals surface area contributed by atoms with Gasteiger partial charge in [-0.15, -0.1) is 11.3 Å². The number of carbonyl (C=O) groups is 2. The van der Waals surface area contributed by atoms with Gasteiger partial charge in [0, 0.05) is 29.6 Å². The largest absolute Gasteiger partial charge is 0.378 e. The van der Waals surface area contributed by atoms with Gasteiger partial charge in [-0.3, -0.25) is 9.59 Å². The maximum absolute atomic E-state index is 12.7. The van der Waals surface area contributed by atoms with Crippen molar-refractivity contribution < 1.29 is 14.3 Å². The minimum atomic E-state index is -0.0426. The summed E-state index contributed by atoms with van der Waals surface area (Å²) in [7, 11) is 0. The molecule has 142 valence electrons. The Bertz CT molecular complexity index is 855. The zero-order chi connectivity index (χ0) is 18.8. The molecule has 0 bridgehead atoms. The van der Waals surface area contributed by atoms with E-state index in [0.29, 0.717) is 32.7 Å². The predicted molar refractivity (Wildman–Crippen MR) is 106 cm³/mol. The first kappa shape index (κ1) is 18.2. The quantitative estimate of drug-likeness (QED) is 0.884. The van der Waals surface area contributed by atoms with Crippen LogP contribution in [0, 0.1) is 12.8 Å². The third kappa shape index (κ3) is 4.06. The molecule has 1 aromatic carbocycles. The number of ether oxygens (including phenoxy) is 1. The average Bonchev–Trinajstić information content (AvgIpc) is 3.11. The molecule has 2 aliphatic rings. The molecule has 1 aliphatic heterocycles. The topological polar surface area (TPSA) is 58.6 Å². The van der Waals surface area contributed by atoms with Crippen LogP contribution in [0.2, 0.25) is 0 Å². The molecule has 1 aromatic heterocycles. The lowest BCUT2D eigenvalue weighted by molar-refractivity contribution is -0.120. The van der Waals surface area contributed by atoms with Gasteiger partial charge in [-0.1, -0.05) is 12.1 Å². The van der Waals surface area contributed by atoms with Crippen LogP contribution in [0.3, 0.4) is 0 Å². The second kappa shape index (κ2) is 7.82. The number of benzene rings is 1. The van der Waals surface area contributed by atoms with E-state index < -0.39 is 0 Å². The number of morpholine rings is 1. The Kier molecular flexibility index (Phi) is 5.27. The van der Waals surface area contributed by atoms with Crippen LogP contribution < -0.4 is 5.32 Å². The second-order valence-electron chi connectivity index (χ2n) is 7.26. The molecule has 6 heteroatoms. The molecule has 1 fully saturated rings. The first-order chi connectivity index (χ1) is 13.1. The van der Waals surface area contributed by atoms with Crippen molar-refractivity contribution in [3.63, 3.8) is 0 Å². The van der Waals surface area contributed by atoms with Crippen molar-refractivity contribution in [1.29, 1.82) is 0 Å². The van der Waals surface area contributed by atoms with E-state index in [1.54, 1.807) is 11.3 Å². The fourth-order valence-corrected chi connectivity index (χ4v) is 4.92. The summed E-state index contributed by atoms with van der Waals surface area (Å²) in [5.74, 6) is 0.121. The molecule has 0 saturated carbocycles. The van der Waals surface area contributed by atoms with Crippen molar-refractivity contribution in [2.24, 2.45) is 5.92 Å². The number of anilines is 1. The van der Waals surface area contributed by atoms with Crippen molar-refractivity contribution in [3.05, 3.63) is 51.2 Å². The van der Waals surface area contributed by atoms with Gasteiger partial charge >= 0.3 is 0 Å². The second-order valence-corrected chi connectivity index (χ2v) is 8.40. The highest BCUT2D eigenvalue weighted by atomic mass is 32.1. The fraction of sp³-hybridized carbons (Fsp3) is 0.429. The molecule has 27 heavy (non-hydrogen) atoms. The van der Waals surface area contributed by atoms with Gasteiger partial charge in [0.1, 0.15) is 0 Å². The minimum absolute atomic E-state index is 0.0426. The van der Waals surface area contributed by atoms with E-state index in [4.69, 9.17) is 4.74 Å². The number of carbonyl (C=O) groups excluding carboxylic acids is 2. The lowest BCUT2D eigenvalue weighted by Crippen LogP contribution is -2.40. The van der Waals surface area contributed by atoms with Crippen LogP contribution in [-0.2, 0) is 22.4 Å². The van der Waals surface area contributed by atoms with Crippen molar-refractivity contribution in [2.75, 3.05) is 31.6 Å². The number of nitrogens with one attached hydrogen (secondary N) is 1. The summed E-state index contributed by atoms with van der Waals surface area (Å²) in [6.07, 6.45) is 2.40. The summed E-state index contributed by atoms with van der Waals surface area (Å²) in [5, 5.41) is 3.04. The Morgan fingerprint density at radius 3 is 2.81 bits per heavy atom. The molecule has 0 spiro atoms. The average molecular weight is 385 g/mol. The maximum Gasteiger partial charge on any atom is 0.264 e. The van der Waals surface area contributed by atoms with Gasteiger partial charge in [-0.05, 0) is 55.5 Å². The molecule has 0 unspecified atom stereocenters. The van der Waals surface area contributed by atoms with E-state index in [0.717, 1.165) is 34.5 Å². The highest BCUT2D eigenvalue weighted by Crippen LogP contribution is 2.33. The summed E-state index contributed by atoms with van der Waals surface area (Å²) >= 11 is 1.59. The summed E-state index contributed by atoms with van der Waals surface area (Å²) in [6, 6.07) is 9.87. The number of fused-ring (bicyclic) bond motifs is 1. The first-order valence-electron chi connectivity index (χ1n) is 9.46. The molecule has 2 heterocycles. The number of rotatable bonds is 3. The lowest BCUT2D eigenvalue weighted by Gasteiger charge is -2.26. The molecule has 2 aromatic rings. The molecule has 2 amide bonds. The molecule has 1 saturated heterocycles. The van der Waals surface area contributed by atoms with Crippen LogP contribution in [0.5, 0.6) is 0 Å². The van der Waals surface area contributed by atoms with Crippen molar-refractivity contribution >= 4 is 28.8 Å². The molecule has 1 atom stereocenters. The monoisotopic (exact) mass is 384 g/mol. The summed E-state index contributed by atoms with van der Waals surface area (Å²) < 4.78 is 5.33. The maximum atomic E-state index is 12.7. The Hall–Kier alpha value is -2.18. The minimum Gasteiger partial charge on any atom is -0.378 e. The molecule has 1 N–H and O–H groups in total. The first-order valence-corrected chi connectivity index (χ1v) is 10.3. The number of aryl methyl sites for hydroxylation is 2. The standard InChI is InChI=1S/C21H24N2O3S/c1-14-3-2-4-17(11-14)22-20(24)15-5-6-18-16(12-15)13-19(27-18)21(25)23-7-9-26-10-8-23/h2-4,11,13,15H,5-10,12H2,1H3,(H,22,24)/t15-/m0/s1. The number of thiophene rings is 1. The van der Waals surface area contributed by atoms with Crippen LogP contribution in [0.25, 0.3) is 0 Å². The Labute approximate surface area is 163 Å². The molecule has 0 radical (unpaired) electrons. The highest BCUT2D eigenvalue weighted by molar-refractivity contribution is 7.14. The van der Waals surface area contributed by atoms with Crippen LogP contribution >= 0.6 is 11.3 Å². The van der Waals surface area contributed by atoms with Gasteiger partial charge in [0.05, 0.1) is 18.1 Å². The van der Waals surface area contributed by atoms with E-state index in [-0.39, 0.29) is 17.7 Å². The molecule has 5 nitrogen and oxygen atoms in total. The molecular weight excluding hydrogens is 360 g/mol. The lowest BCUT2D eigenvalue weighted by atomic mass is 9.87. The van der Waals surface area contributed by atoms with E-state index in [1.165, 1.54) is 4.88 Å². The summed E-state index contributed by atoms with van der Waals surface area (Å²) in [4.78, 5) is 29.3. The Balaban J connectivity index is 1.43. The highest BCUT2D eigenvalue weighted by Gasteiger charge is 2.29. The normalized spacial score (nSPS) is 19.4. The molecular formula is C21H24N2O3S. The number of hydrogen-bond acceptors (Lipinski definition) is 4. The van der Waals surface area contributed by atoms with Crippen molar-refractivity contribution in [2.45, 2.75) is 26.2 Å². The SMILES string of the molecule is Cc1cccc(NC(=O)[C@H]2CCc3sc(C(=O)N4CCOCC4)cc3C2)c1. The Morgan fingerprint density at radius 2 is 2.04 bits per heavy atom. The summed E-state index contributed by atoms with van der Waals surface area (Å²) in [6.45, 7) is 4.54. The van der Waals surface area contributed by atoms with Crippen LogP contribution in [0.4, 0.5) is 5.69 Å². The number of hydrogen-bond donors (Lipinski definition) is 1. The van der Waals surface area contributed by atoms with Gasteiger partial charge in [0.25, 0.3) is 5.91 Å². The number of nitrogens with zero attached hydrogens (tertiary/aromatic N) is 1. The van der Waals surface area contributed by atoms with E-state index >= 15 is 0 Å². The van der Waals surface area contributed by atoms with E-state index in [9.17, 15) is 9.59 Å². The van der Waals surface area contributed by atoms with Crippen molar-refractivity contribution in [1.82, 2.24) is 4.90 Å². The van der Waals surface area contributed by atoms with Gasteiger partial charge in [-0.2, -0.15) is 0 Å². The van der Waals surface area contributed by atoms with Crippen LogP contribution in [0.15, 0.2) is 30.3 Å².